The topological polar surface area (TPSA) is 32.7 Å². The summed E-state index contributed by atoms with van der Waals surface area (Å²) in [7, 11) is 0. The summed E-state index contributed by atoms with van der Waals surface area (Å²) in [6.07, 6.45) is 14.6. The Labute approximate surface area is 330 Å². The summed E-state index contributed by atoms with van der Waals surface area (Å²) < 4.78 is 15.1. The summed E-state index contributed by atoms with van der Waals surface area (Å²) in [5.74, 6) is 2.54. The molecular weight excluding hydrogens is 687 g/mol. The Hall–Kier alpha value is -6.85. The molecule has 0 aliphatic carbocycles. The van der Waals surface area contributed by atoms with Crippen LogP contribution in [0, 0.1) is 0 Å². The van der Waals surface area contributed by atoms with E-state index < -0.39 is 0 Å². The van der Waals surface area contributed by atoms with E-state index in [0.717, 1.165) is 77.2 Å². The molecule has 0 radical (unpaired) electrons. The van der Waals surface area contributed by atoms with Crippen molar-refractivity contribution in [3.63, 3.8) is 0 Å². The molecule has 7 aromatic rings. The molecular formula is C51H46N3O2+. The Kier molecular flexibility index (Phi) is 11.0. The van der Waals surface area contributed by atoms with Crippen LogP contribution < -0.4 is 19.1 Å². The van der Waals surface area contributed by atoms with Crippen molar-refractivity contribution in [1.82, 2.24) is 0 Å². The number of nitrogens with zero attached hydrogens (tertiary/aromatic N) is 3. The molecule has 0 unspecified atom stereocenters. The summed E-state index contributed by atoms with van der Waals surface area (Å²) in [5, 5.41) is 0. The molecule has 5 nitrogen and oxygen atoms in total. The van der Waals surface area contributed by atoms with E-state index in [1.807, 2.05) is 12.1 Å². The number of fused-ring (bicyclic) bond motifs is 2. The zero-order valence-corrected chi connectivity index (χ0v) is 32.0. The Morgan fingerprint density at radius 2 is 1.29 bits per heavy atom. The smallest absolute Gasteiger partial charge is 0.374 e. The monoisotopic (exact) mass is 732 g/mol. The first-order valence-electron chi connectivity index (χ1n) is 19.5. The van der Waals surface area contributed by atoms with Gasteiger partial charge in [0.2, 0.25) is 11.5 Å². The molecule has 0 atom stereocenters. The van der Waals surface area contributed by atoms with Crippen LogP contribution in [0.15, 0.2) is 204 Å². The van der Waals surface area contributed by atoms with Crippen molar-refractivity contribution in [1.29, 1.82) is 0 Å². The number of para-hydroxylation sites is 2. The van der Waals surface area contributed by atoms with Gasteiger partial charge in [-0.2, -0.15) is 4.57 Å². The van der Waals surface area contributed by atoms with Crippen molar-refractivity contribution in [2.24, 2.45) is 0 Å². The van der Waals surface area contributed by atoms with Gasteiger partial charge in [0.15, 0.2) is 5.75 Å². The molecule has 5 heteroatoms. The van der Waals surface area contributed by atoms with Gasteiger partial charge in [0.05, 0.1) is 11.8 Å². The number of benzene rings is 6. The summed E-state index contributed by atoms with van der Waals surface area (Å²) >= 11 is 0. The number of rotatable bonds is 13. The van der Waals surface area contributed by atoms with Crippen molar-refractivity contribution in [3.05, 3.63) is 206 Å². The zero-order chi connectivity index (χ0) is 38.1. The van der Waals surface area contributed by atoms with Crippen LogP contribution in [0.25, 0.3) is 39.4 Å². The SMILES string of the molecule is CCN1/C(=C/C=CCC/C(C=Cc2oc3ccc(-c4ccccc4)cc3[n+]2CC)=C/N(c2ccccc2)c2ccccc2)Oc2ccc(-c3ccccc3)cc21. The van der Waals surface area contributed by atoms with Crippen LogP contribution in [0.3, 0.4) is 0 Å². The number of hydrogen-bond acceptors (Lipinski definition) is 4. The highest BCUT2D eigenvalue weighted by molar-refractivity contribution is 5.79. The second kappa shape index (κ2) is 17.1. The number of oxazole rings is 1. The van der Waals surface area contributed by atoms with Gasteiger partial charge < -0.3 is 19.0 Å². The first kappa shape index (κ1) is 36.1. The molecule has 6 aromatic carbocycles. The highest BCUT2D eigenvalue weighted by atomic mass is 16.5. The van der Waals surface area contributed by atoms with Gasteiger partial charge in [0, 0.05) is 30.2 Å². The summed E-state index contributed by atoms with van der Waals surface area (Å²) in [6.45, 7) is 5.92. The maximum atomic E-state index is 6.48. The molecule has 2 heterocycles. The quantitative estimate of drug-likeness (QED) is 0.0873. The maximum absolute atomic E-state index is 6.48. The molecule has 1 aromatic heterocycles. The fourth-order valence-electron chi connectivity index (χ4n) is 7.23. The Morgan fingerprint density at radius 1 is 0.679 bits per heavy atom. The average molecular weight is 733 g/mol. The maximum Gasteiger partial charge on any atom is 0.374 e. The Bertz CT molecular complexity index is 2480. The molecule has 0 bridgehead atoms. The molecule has 0 N–H and O–H groups in total. The standard InChI is InChI=1S/C51H46N3O2/c1-3-52-46-36-42(40-21-11-6-12-22-40)31-33-48(46)55-50(52)29-19-5-10-20-39(38-54(44-25-15-8-16-26-44)45-27-17-9-18-28-45)30-35-51-53(4-2)47-37-43(32-34-49(47)56-51)41-23-13-7-14-24-41/h5-9,11-19,21-38H,3-4,10,20H2,1-2H3/q+1/b19-5?,50-29-. The van der Waals surface area contributed by atoms with Gasteiger partial charge in [-0.3, -0.25) is 0 Å². The van der Waals surface area contributed by atoms with Crippen molar-refractivity contribution in [2.45, 2.75) is 33.2 Å². The third kappa shape index (κ3) is 7.98. The highest BCUT2D eigenvalue weighted by Crippen LogP contribution is 2.41. The molecule has 56 heavy (non-hydrogen) atoms. The van der Waals surface area contributed by atoms with E-state index in [1.165, 1.54) is 22.3 Å². The molecule has 0 amide bonds. The first-order chi connectivity index (χ1) is 27.7. The number of anilines is 3. The molecule has 8 rings (SSSR count). The van der Waals surface area contributed by atoms with E-state index in [4.69, 9.17) is 9.15 Å². The van der Waals surface area contributed by atoms with E-state index in [0.29, 0.717) is 0 Å². The van der Waals surface area contributed by atoms with Crippen LogP contribution in [0.4, 0.5) is 17.1 Å². The van der Waals surface area contributed by atoms with Crippen LogP contribution in [0.1, 0.15) is 32.6 Å². The van der Waals surface area contributed by atoms with Crippen LogP contribution in [-0.2, 0) is 6.54 Å². The van der Waals surface area contributed by atoms with Crippen molar-refractivity contribution >= 4 is 34.2 Å². The van der Waals surface area contributed by atoms with Crippen LogP contribution in [0.5, 0.6) is 5.75 Å². The average Bonchev–Trinajstić information content (AvgIpc) is 3.81. The van der Waals surface area contributed by atoms with E-state index in [-0.39, 0.29) is 0 Å². The first-order valence-corrected chi connectivity index (χ1v) is 19.5. The third-order valence-corrected chi connectivity index (χ3v) is 10.1. The second-order valence-electron chi connectivity index (χ2n) is 13.7. The van der Waals surface area contributed by atoms with Gasteiger partial charge in [0.25, 0.3) is 5.52 Å². The van der Waals surface area contributed by atoms with E-state index in [1.54, 1.807) is 0 Å². The van der Waals surface area contributed by atoms with Gasteiger partial charge in [-0.1, -0.05) is 121 Å². The zero-order valence-electron chi connectivity index (χ0n) is 32.0. The normalized spacial score (nSPS) is 13.6. The minimum Gasteiger partial charge on any atom is -0.439 e. The number of allylic oxidation sites excluding steroid dienone is 5. The molecule has 0 spiro atoms. The molecule has 0 saturated carbocycles. The number of hydrogen-bond donors (Lipinski definition) is 0. The fourth-order valence-corrected chi connectivity index (χ4v) is 7.23. The predicted molar refractivity (Wildman–Crippen MR) is 232 cm³/mol. The molecule has 1 aliphatic rings. The van der Waals surface area contributed by atoms with Gasteiger partial charge in [0.1, 0.15) is 6.54 Å². The largest absolute Gasteiger partial charge is 0.439 e. The van der Waals surface area contributed by atoms with Crippen molar-refractivity contribution in [3.8, 4) is 28.0 Å². The van der Waals surface area contributed by atoms with Gasteiger partial charge in [-0.15, -0.1) is 0 Å². The van der Waals surface area contributed by atoms with Crippen LogP contribution in [0.2, 0.25) is 0 Å². The number of aryl methyl sites for hydroxylation is 1. The van der Waals surface area contributed by atoms with E-state index in [9.17, 15) is 0 Å². The number of aromatic nitrogens is 1. The van der Waals surface area contributed by atoms with Crippen molar-refractivity contribution in [2.75, 3.05) is 16.3 Å². The molecule has 1 aliphatic heterocycles. The lowest BCUT2D eigenvalue weighted by atomic mass is 10.0. The second-order valence-corrected chi connectivity index (χ2v) is 13.7. The Morgan fingerprint density at radius 3 is 1.91 bits per heavy atom. The van der Waals surface area contributed by atoms with Crippen molar-refractivity contribution < 1.29 is 13.7 Å². The molecule has 276 valence electrons. The van der Waals surface area contributed by atoms with E-state index >= 15 is 0 Å². The minimum atomic E-state index is 0.788. The fraction of sp³-hybridized carbons (Fsp3) is 0.118. The number of ether oxygens (including phenoxy) is 1. The lowest BCUT2D eigenvalue weighted by Crippen LogP contribution is -2.33. The van der Waals surface area contributed by atoms with Crippen LogP contribution >= 0.6 is 0 Å². The summed E-state index contributed by atoms with van der Waals surface area (Å²) in [5.41, 5.74) is 11.1. The Balaban J connectivity index is 1.07. The molecule has 0 fully saturated rings. The lowest BCUT2D eigenvalue weighted by Gasteiger charge is -2.22. The third-order valence-electron chi connectivity index (χ3n) is 10.1. The lowest BCUT2D eigenvalue weighted by molar-refractivity contribution is -0.674. The van der Waals surface area contributed by atoms with E-state index in [2.05, 4.69) is 210 Å². The highest BCUT2D eigenvalue weighted by Gasteiger charge is 2.25. The summed E-state index contributed by atoms with van der Waals surface area (Å²) in [6, 6.07) is 54.9. The van der Waals surface area contributed by atoms with Gasteiger partial charge in [-0.25, -0.2) is 0 Å². The van der Waals surface area contributed by atoms with Gasteiger partial charge in [-0.05, 0) is 109 Å². The molecule has 0 saturated heterocycles. The summed E-state index contributed by atoms with van der Waals surface area (Å²) in [4.78, 5) is 4.49. The minimum absolute atomic E-state index is 0.788. The predicted octanol–water partition coefficient (Wildman–Crippen LogP) is 12.9. The van der Waals surface area contributed by atoms with Crippen LogP contribution in [-0.4, -0.2) is 6.54 Å². The van der Waals surface area contributed by atoms with Gasteiger partial charge >= 0.3 is 5.89 Å².